The number of hydrogen-bond donors (Lipinski definition) is 1. The number of rotatable bonds is 9. The minimum absolute atomic E-state index is 0.0201. The third kappa shape index (κ3) is 6.54. The van der Waals surface area contributed by atoms with Crippen LogP contribution in [-0.4, -0.2) is 44.0 Å². The molecule has 2 aromatic rings. The molecule has 0 unspecified atom stereocenters. The van der Waals surface area contributed by atoms with E-state index in [9.17, 15) is 18.0 Å². The number of hydrogen-bond acceptors (Lipinski definition) is 6. The van der Waals surface area contributed by atoms with Gasteiger partial charge in [0, 0.05) is 18.7 Å². The number of ether oxygens (including phenoxy) is 1. The summed E-state index contributed by atoms with van der Waals surface area (Å²) in [7, 11) is -3.49. The summed E-state index contributed by atoms with van der Waals surface area (Å²) in [6.07, 6.45) is 2.53. The van der Waals surface area contributed by atoms with Crippen LogP contribution < -0.4 is 5.32 Å². The van der Waals surface area contributed by atoms with E-state index < -0.39 is 16.0 Å². The SMILES string of the molecule is CCOC(=O)c1ccc(NC(=O)CCN(Cc2ccco2)S(C)(=O)=O)cc1. The second-order valence-corrected chi connectivity index (χ2v) is 7.75. The number of sulfonamides is 1. The summed E-state index contributed by atoms with van der Waals surface area (Å²) in [5, 5.41) is 2.67. The molecule has 8 nitrogen and oxygen atoms in total. The van der Waals surface area contributed by atoms with Gasteiger partial charge in [0.25, 0.3) is 0 Å². The summed E-state index contributed by atoms with van der Waals surface area (Å²) in [4.78, 5) is 23.7. The Balaban J connectivity index is 1.91. The Morgan fingerprint density at radius 3 is 2.44 bits per heavy atom. The molecule has 0 spiro atoms. The van der Waals surface area contributed by atoms with Gasteiger partial charge >= 0.3 is 5.97 Å². The molecule has 9 heteroatoms. The topological polar surface area (TPSA) is 106 Å². The molecule has 1 aromatic carbocycles. The average molecular weight is 394 g/mol. The fraction of sp³-hybridized carbons (Fsp3) is 0.333. The number of benzene rings is 1. The number of furan rings is 1. The number of nitrogens with zero attached hydrogens (tertiary/aromatic N) is 1. The number of nitrogens with one attached hydrogen (secondary N) is 1. The molecule has 0 fully saturated rings. The summed E-state index contributed by atoms with van der Waals surface area (Å²) in [6.45, 7) is 2.09. The van der Waals surface area contributed by atoms with E-state index in [0.29, 0.717) is 17.0 Å². The molecule has 146 valence electrons. The number of carbonyl (C=O) groups is 2. The van der Waals surface area contributed by atoms with Crippen LogP contribution in [0.5, 0.6) is 0 Å². The first kappa shape index (κ1) is 20.7. The molecule has 0 saturated heterocycles. The highest BCUT2D eigenvalue weighted by atomic mass is 32.2. The van der Waals surface area contributed by atoms with Gasteiger partial charge in [0.2, 0.25) is 15.9 Å². The molecule has 0 aliphatic rings. The first-order valence-corrected chi connectivity index (χ1v) is 10.2. The molecule has 0 radical (unpaired) electrons. The predicted molar refractivity (Wildman–Crippen MR) is 99.6 cm³/mol. The lowest BCUT2D eigenvalue weighted by Gasteiger charge is -2.18. The maximum atomic E-state index is 12.1. The first-order valence-electron chi connectivity index (χ1n) is 8.34. The highest BCUT2D eigenvalue weighted by molar-refractivity contribution is 7.88. The van der Waals surface area contributed by atoms with Crippen molar-refractivity contribution in [2.75, 3.05) is 24.7 Å². The van der Waals surface area contributed by atoms with Crippen LogP contribution in [0.1, 0.15) is 29.5 Å². The van der Waals surface area contributed by atoms with E-state index in [1.807, 2.05) is 0 Å². The molecule has 1 amide bonds. The molecular formula is C18H22N2O6S. The van der Waals surface area contributed by atoms with Crippen molar-refractivity contribution in [3.8, 4) is 0 Å². The second-order valence-electron chi connectivity index (χ2n) is 5.77. The first-order chi connectivity index (χ1) is 12.8. The van der Waals surface area contributed by atoms with Crippen molar-refractivity contribution in [3.63, 3.8) is 0 Å². The van der Waals surface area contributed by atoms with Gasteiger partial charge in [-0.15, -0.1) is 0 Å². The number of amides is 1. The van der Waals surface area contributed by atoms with Crippen molar-refractivity contribution in [1.29, 1.82) is 0 Å². The zero-order chi connectivity index (χ0) is 19.9. The Kier molecular flexibility index (Phi) is 7.14. The van der Waals surface area contributed by atoms with Crippen molar-refractivity contribution < 1.29 is 27.2 Å². The van der Waals surface area contributed by atoms with Crippen LogP contribution in [0.2, 0.25) is 0 Å². The lowest BCUT2D eigenvalue weighted by molar-refractivity contribution is -0.116. The van der Waals surface area contributed by atoms with E-state index in [1.165, 1.54) is 10.6 Å². The van der Waals surface area contributed by atoms with Gasteiger partial charge in [0.15, 0.2) is 0 Å². The maximum Gasteiger partial charge on any atom is 0.338 e. The van der Waals surface area contributed by atoms with Gasteiger partial charge in [-0.25, -0.2) is 13.2 Å². The van der Waals surface area contributed by atoms with E-state index in [-0.39, 0.29) is 32.0 Å². The van der Waals surface area contributed by atoms with Gasteiger partial charge in [-0.1, -0.05) is 0 Å². The number of carbonyl (C=O) groups excluding carboxylic acids is 2. The lowest BCUT2D eigenvalue weighted by atomic mass is 10.2. The molecule has 1 N–H and O–H groups in total. The molecule has 0 aliphatic carbocycles. The summed E-state index contributed by atoms with van der Waals surface area (Å²) >= 11 is 0. The number of esters is 1. The molecule has 0 aliphatic heterocycles. The smallest absolute Gasteiger partial charge is 0.338 e. The molecule has 27 heavy (non-hydrogen) atoms. The third-order valence-corrected chi connectivity index (χ3v) is 4.90. The zero-order valence-electron chi connectivity index (χ0n) is 15.2. The summed E-state index contributed by atoms with van der Waals surface area (Å²) < 4.78 is 35.0. The lowest BCUT2D eigenvalue weighted by Crippen LogP contribution is -2.32. The second kappa shape index (κ2) is 9.33. The normalized spacial score (nSPS) is 11.4. The monoisotopic (exact) mass is 394 g/mol. The van der Waals surface area contributed by atoms with Crippen molar-refractivity contribution >= 4 is 27.6 Å². The van der Waals surface area contributed by atoms with Crippen LogP contribution in [0, 0.1) is 0 Å². The van der Waals surface area contributed by atoms with Crippen LogP contribution in [0.15, 0.2) is 47.1 Å². The number of anilines is 1. The Hall–Kier alpha value is -2.65. The van der Waals surface area contributed by atoms with Crippen LogP contribution >= 0.6 is 0 Å². The molecule has 0 bridgehead atoms. The summed E-state index contributed by atoms with van der Waals surface area (Å²) in [5.41, 5.74) is 0.890. The van der Waals surface area contributed by atoms with Gasteiger partial charge < -0.3 is 14.5 Å². The van der Waals surface area contributed by atoms with Crippen LogP contribution in [0.4, 0.5) is 5.69 Å². The summed E-state index contributed by atoms with van der Waals surface area (Å²) in [6, 6.07) is 9.61. The Labute approximate surface area is 158 Å². The van der Waals surface area contributed by atoms with E-state index in [1.54, 1.807) is 43.3 Å². The molecule has 1 heterocycles. The summed E-state index contributed by atoms with van der Waals surface area (Å²) in [5.74, 6) is -0.278. The third-order valence-electron chi connectivity index (χ3n) is 3.65. The van der Waals surface area contributed by atoms with Gasteiger partial charge in [-0.3, -0.25) is 4.79 Å². The van der Waals surface area contributed by atoms with E-state index in [2.05, 4.69) is 5.32 Å². The fourth-order valence-corrected chi connectivity index (χ4v) is 3.08. The largest absolute Gasteiger partial charge is 0.468 e. The molecule has 0 saturated carbocycles. The highest BCUT2D eigenvalue weighted by Crippen LogP contribution is 2.13. The average Bonchev–Trinajstić information content (AvgIpc) is 3.11. The van der Waals surface area contributed by atoms with Crippen LogP contribution in [-0.2, 0) is 26.1 Å². The highest BCUT2D eigenvalue weighted by Gasteiger charge is 2.19. The van der Waals surface area contributed by atoms with E-state index in [0.717, 1.165) is 6.26 Å². The molecule has 0 atom stereocenters. The van der Waals surface area contributed by atoms with Crippen molar-refractivity contribution in [1.82, 2.24) is 4.31 Å². The van der Waals surface area contributed by atoms with Crippen LogP contribution in [0.3, 0.4) is 0 Å². The standard InChI is InChI=1S/C18H22N2O6S/c1-3-25-18(22)14-6-8-15(9-7-14)19-17(21)10-11-20(27(2,23)24)13-16-5-4-12-26-16/h4-9,12H,3,10-11,13H2,1-2H3,(H,19,21). The van der Waals surface area contributed by atoms with Crippen molar-refractivity contribution in [2.24, 2.45) is 0 Å². The van der Waals surface area contributed by atoms with Crippen LogP contribution in [0.25, 0.3) is 0 Å². The van der Waals surface area contributed by atoms with Gasteiger partial charge in [0.05, 0.1) is 31.2 Å². The van der Waals surface area contributed by atoms with Crippen molar-refractivity contribution in [2.45, 2.75) is 19.9 Å². The predicted octanol–water partition coefficient (Wildman–Crippen LogP) is 2.25. The molecule has 1 aromatic heterocycles. The minimum atomic E-state index is -3.49. The Morgan fingerprint density at radius 1 is 1.19 bits per heavy atom. The van der Waals surface area contributed by atoms with Gasteiger partial charge in [-0.05, 0) is 43.3 Å². The molecule has 2 rings (SSSR count). The quantitative estimate of drug-likeness (QED) is 0.654. The minimum Gasteiger partial charge on any atom is -0.468 e. The Morgan fingerprint density at radius 2 is 1.89 bits per heavy atom. The molecular weight excluding hydrogens is 372 g/mol. The zero-order valence-corrected chi connectivity index (χ0v) is 16.0. The van der Waals surface area contributed by atoms with E-state index >= 15 is 0 Å². The Bertz CT molecular complexity index is 860. The fourth-order valence-electron chi connectivity index (χ4n) is 2.29. The van der Waals surface area contributed by atoms with Crippen molar-refractivity contribution in [3.05, 3.63) is 54.0 Å². The maximum absolute atomic E-state index is 12.1. The van der Waals surface area contributed by atoms with E-state index in [4.69, 9.17) is 9.15 Å². The van der Waals surface area contributed by atoms with Gasteiger partial charge in [-0.2, -0.15) is 4.31 Å². The van der Waals surface area contributed by atoms with Gasteiger partial charge in [0.1, 0.15) is 5.76 Å².